The fraction of sp³-hybridized carbons (Fsp3) is 0.471. The molecule has 136 valence electrons. The molecule has 2 aliphatic carbocycles. The number of amides is 1. The Morgan fingerprint density at radius 3 is 2.92 bits per heavy atom. The Kier molecular flexibility index (Phi) is 3.86. The average Bonchev–Trinajstić information content (AvgIpc) is 3.22. The van der Waals surface area contributed by atoms with Crippen molar-refractivity contribution in [2.24, 2.45) is 23.7 Å². The van der Waals surface area contributed by atoms with Gasteiger partial charge in [0.15, 0.2) is 6.61 Å². The molecule has 1 aromatic carbocycles. The van der Waals surface area contributed by atoms with Gasteiger partial charge in [0.05, 0.1) is 16.8 Å². The largest absolute Gasteiger partial charge is 0.462 e. The zero-order chi connectivity index (χ0) is 18.4. The number of nitro benzene ring substituents is 1. The van der Waals surface area contributed by atoms with Crippen molar-refractivity contribution in [2.75, 3.05) is 11.9 Å². The van der Waals surface area contributed by atoms with Gasteiger partial charge in [0, 0.05) is 23.7 Å². The van der Waals surface area contributed by atoms with E-state index in [9.17, 15) is 24.5 Å². The minimum absolute atomic E-state index is 0.0637. The summed E-state index contributed by atoms with van der Waals surface area (Å²) in [7, 11) is 0. The maximum Gasteiger partial charge on any atom is 0.310 e. The third-order valence-electron chi connectivity index (χ3n) is 5.44. The maximum absolute atomic E-state index is 12.4. The van der Waals surface area contributed by atoms with Crippen LogP contribution in [0.25, 0.3) is 0 Å². The first-order valence-electron chi connectivity index (χ1n) is 8.35. The highest BCUT2D eigenvalue weighted by Crippen LogP contribution is 2.57. The lowest BCUT2D eigenvalue weighted by Gasteiger charge is -2.22. The van der Waals surface area contributed by atoms with Crippen LogP contribution in [0, 0.1) is 33.8 Å². The van der Waals surface area contributed by atoms with Gasteiger partial charge in [0.25, 0.3) is 11.6 Å². The van der Waals surface area contributed by atoms with Crippen molar-refractivity contribution >= 4 is 29.2 Å². The van der Waals surface area contributed by atoms with Crippen molar-refractivity contribution in [1.82, 2.24) is 0 Å². The van der Waals surface area contributed by atoms with Gasteiger partial charge in [-0.05, 0) is 24.8 Å². The molecule has 0 spiro atoms. The maximum atomic E-state index is 12.4. The van der Waals surface area contributed by atoms with Crippen LogP contribution in [0.2, 0.25) is 0 Å². The number of rotatable bonds is 5. The van der Waals surface area contributed by atoms with Gasteiger partial charge in [-0.1, -0.05) is 6.07 Å². The van der Waals surface area contributed by atoms with Crippen LogP contribution in [-0.2, 0) is 23.9 Å². The standard InChI is InChI=1S/C17H16N2O7/c20-13(18-9-2-1-3-10(6-9)19(23)24)7-25-16(21)14-8-4-11-12(5-8)26-17(22)15(11)14/h1-3,6,8,11-12,14-15H,4-5,7H2,(H,18,20)/t8-,11+,12-,14-,15+/m1/s1. The molecule has 3 aliphatic rings. The number of hydrogen-bond acceptors (Lipinski definition) is 7. The summed E-state index contributed by atoms with van der Waals surface area (Å²) in [4.78, 5) is 46.4. The zero-order valence-electron chi connectivity index (χ0n) is 13.6. The van der Waals surface area contributed by atoms with Crippen LogP contribution in [0.1, 0.15) is 12.8 Å². The molecule has 3 fully saturated rings. The third-order valence-corrected chi connectivity index (χ3v) is 5.44. The second kappa shape index (κ2) is 6.08. The number of nitrogens with one attached hydrogen (secondary N) is 1. The van der Waals surface area contributed by atoms with Crippen LogP contribution in [0.4, 0.5) is 11.4 Å². The molecule has 1 saturated heterocycles. The molecule has 1 aromatic rings. The Morgan fingerprint density at radius 2 is 2.15 bits per heavy atom. The van der Waals surface area contributed by atoms with Crippen LogP contribution >= 0.6 is 0 Å². The number of benzene rings is 1. The molecule has 0 radical (unpaired) electrons. The first-order valence-corrected chi connectivity index (χ1v) is 8.35. The Labute approximate surface area is 147 Å². The monoisotopic (exact) mass is 360 g/mol. The van der Waals surface area contributed by atoms with E-state index < -0.39 is 35.2 Å². The number of non-ortho nitro benzene ring substituents is 1. The molecule has 0 aromatic heterocycles. The number of nitrogens with zero attached hydrogens (tertiary/aromatic N) is 1. The molecular weight excluding hydrogens is 344 g/mol. The van der Waals surface area contributed by atoms with E-state index in [4.69, 9.17) is 9.47 Å². The average molecular weight is 360 g/mol. The molecule has 2 bridgehead atoms. The molecule has 9 nitrogen and oxygen atoms in total. The molecule has 1 N–H and O–H groups in total. The molecule has 2 saturated carbocycles. The van der Waals surface area contributed by atoms with Crippen molar-refractivity contribution < 1.29 is 28.8 Å². The van der Waals surface area contributed by atoms with Gasteiger partial charge in [-0.2, -0.15) is 0 Å². The number of fused-ring (bicyclic) bond motifs is 1. The summed E-state index contributed by atoms with van der Waals surface area (Å²) in [6.07, 6.45) is 1.38. The molecule has 1 aliphatic heterocycles. The minimum atomic E-state index is -0.603. The van der Waals surface area contributed by atoms with Crippen LogP contribution in [0.5, 0.6) is 0 Å². The Morgan fingerprint density at radius 1 is 1.35 bits per heavy atom. The number of anilines is 1. The molecule has 26 heavy (non-hydrogen) atoms. The van der Waals surface area contributed by atoms with Gasteiger partial charge in [-0.3, -0.25) is 24.5 Å². The second-order valence-electron chi connectivity index (χ2n) is 6.89. The first-order chi connectivity index (χ1) is 12.4. The number of carbonyl (C=O) groups is 3. The van der Waals surface area contributed by atoms with Crippen LogP contribution in [0.15, 0.2) is 24.3 Å². The van der Waals surface area contributed by atoms with Crippen molar-refractivity contribution in [3.05, 3.63) is 34.4 Å². The molecular formula is C17H16N2O7. The smallest absolute Gasteiger partial charge is 0.310 e. The molecule has 1 heterocycles. The highest BCUT2D eigenvalue weighted by atomic mass is 16.6. The van der Waals surface area contributed by atoms with Gasteiger partial charge in [0.2, 0.25) is 0 Å². The van der Waals surface area contributed by atoms with E-state index in [1.807, 2.05) is 0 Å². The van der Waals surface area contributed by atoms with E-state index in [0.29, 0.717) is 6.42 Å². The lowest BCUT2D eigenvalue weighted by molar-refractivity contribution is -0.384. The van der Waals surface area contributed by atoms with Gasteiger partial charge in [-0.25, -0.2) is 0 Å². The van der Waals surface area contributed by atoms with E-state index >= 15 is 0 Å². The van der Waals surface area contributed by atoms with Crippen LogP contribution < -0.4 is 5.32 Å². The number of carbonyl (C=O) groups excluding carboxylic acids is 3. The molecule has 0 unspecified atom stereocenters. The van der Waals surface area contributed by atoms with Crippen molar-refractivity contribution in [3.63, 3.8) is 0 Å². The highest BCUT2D eigenvalue weighted by molar-refractivity contribution is 5.93. The lowest BCUT2D eigenvalue weighted by Crippen LogP contribution is -2.34. The molecule has 5 atom stereocenters. The normalized spacial score (nSPS) is 30.8. The number of nitro groups is 1. The van der Waals surface area contributed by atoms with Gasteiger partial charge >= 0.3 is 11.9 Å². The quantitative estimate of drug-likeness (QED) is 0.476. The van der Waals surface area contributed by atoms with E-state index in [2.05, 4.69) is 5.32 Å². The predicted octanol–water partition coefficient (Wildman–Crippen LogP) is 1.27. The van der Waals surface area contributed by atoms with Gasteiger partial charge < -0.3 is 14.8 Å². The Bertz CT molecular complexity index is 806. The van der Waals surface area contributed by atoms with E-state index in [1.165, 1.54) is 24.3 Å². The summed E-state index contributed by atoms with van der Waals surface area (Å²) in [6.45, 7) is -0.513. The Hall–Kier alpha value is -2.97. The van der Waals surface area contributed by atoms with E-state index in [-0.39, 0.29) is 35.3 Å². The van der Waals surface area contributed by atoms with Crippen molar-refractivity contribution in [1.29, 1.82) is 0 Å². The predicted molar refractivity (Wildman–Crippen MR) is 85.8 cm³/mol. The topological polar surface area (TPSA) is 125 Å². The second-order valence-corrected chi connectivity index (χ2v) is 6.89. The summed E-state index contributed by atoms with van der Waals surface area (Å²) < 4.78 is 10.4. The first kappa shape index (κ1) is 16.5. The zero-order valence-corrected chi connectivity index (χ0v) is 13.6. The summed E-state index contributed by atoms with van der Waals surface area (Å²) >= 11 is 0. The summed E-state index contributed by atoms with van der Waals surface area (Å²) in [5.41, 5.74) is 0.0819. The number of hydrogen-bond donors (Lipinski definition) is 1. The summed E-state index contributed by atoms with van der Waals surface area (Å²) in [5, 5.41) is 13.2. The van der Waals surface area contributed by atoms with Gasteiger partial charge in [-0.15, -0.1) is 0 Å². The van der Waals surface area contributed by atoms with E-state index in [1.54, 1.807) is 0 Å². The van der Waals surface area contributed by atoms with Crippen molar-refractivity contribution in [3.8, 4) is 0 Å². The lowest BCUT2D eigenvalue weighted by atomic mass is 9.80. The fourth-order valence-corrected chi connectivity index (χ4v) is 4.45. The molecule has 4 rings (SSSR count). The SMILES string of the molecule is O=C(COC(=O)[C@@H]1[C@@H]2C[C@@H]3[C@@H]1C(=O)O[C@@H]3C2)Nc1cccc([N+](=O)[O-])c1. The van der Waals surface area contributed by atoms with E-state index in [0.717, 1.165) is 6.42 Å². The molecule has 9 heteroatoms. The number of ether oxygens (including phenoxy) is 2. The minimum Gasteiger partial charge on any atom is -0.462 e. The number of esters is 2. The summed E-state index contributed by atoms with van der Waals surface area (Å²) in [6, 6.07) is 5.46. The van der Waals surface area contributed by atoms with Crippen molar-refractivity contribution in [2.45, 2.75) is 18.9 Å². The third kappa shape index (κ3) is 2.69. The fourth-order valence-electron chi connectivity index (χ4n) is 4.45. The Balaban J connectivity index is 1.34. The van der Waals surface area contributed by atoms with Crippen LogP contribution in [-0.4, -0.2) is 35.5 Å². The van der Waals surface area contributed by atoms with Gasteiger partial charge in [0.1, 0.15) is 6.10 Å². The summed E-state index contributed by atoms with van der Waals surface area (Å²) in [5.74, 6) is -2.36. The highest BCUT2D eigenvalue weighted by Gasteiger charge is 2.64. The molecule has 1 amide bonds. The van der Waals surface area contributed by atoms with Crippen LogP contribution in [0.3, 0.4) is 0 Å².